The lowest BCUT2D eigenvalue weighted by Gasteiger charge is -2.27. The van der Waals surface area contributed by atoms with E-state index in [9.17, 15) is 14.4 Å². The van der Waals surface area contributed by atoms with Gasteiger partial charge in [-0.3, -0.25) is 19.3 Å². The first kappa shape index (κ1) is 15.2. The maximum absolute atomic E-state index is 12.8. The van der Waals surface area contributed by atoms with E-state index in [-0.39, 0.29) is 17.6 Å². The summed E-state index contributed by atoms with van der Waals surface area (Å²) in [5.41, 5.74) is 1.82. The van der Waals surface area contributed by atoms with Crippen LogP contribution in [0.15, 0.2) is 54.6 Å². The highest BCUT2D eigenvalue weighted by Gasteiger charge is 2.43. The van der Waals surface area contributed by atoms with Crippen LogP contribution < -0.4 is 0 Å². The molecule has 1 heterocycles. The highest BCUT2D eigenvalue weighted by Crippen LogP contribution is 2.39. The third kappa shape index (κ3) is 2.46. The Morgan fingerprint density at radius 3 is 2.26 bits per heavy atom. The van der Waals surface area contributed by atoms with Crippen LogP contribution in [-0.4, -0.2) is 22.5 Å². The van der Waals surface area contributed by atoms with Crippen LogP contribution >= 0.6 is 0 Å². The maximum atomic E-state index is 12.8. The summed E-state index contributed by atoms with van der Waals surface area (Å²) in [5, 5.41) is 0. The van der Waals surface area contributed by atoms with Crippen molar-refractivity contribution in [2.24, 2.45) is 5.92 Å². The molecule has 0 bridgehead atoms. The maximum Gasteiger partial charge on any atom is 0.261 e. The van der Waals surface area contributed by atoms with Gasteiger partial charge in [0.1, 0.15) is 0 Å². The average molecular weight is 307 g/mol. The van der Waals surface area contributed by atoms with Crippen molar-refractivity contribution in [2.45, 2.75) is 19.9 Å². The van der Waals surface area contributed by atoms with Gasteiger partial charge in [-0.2, -0.15) is 0 Å². The first-order valence-corrected chi connectivity index (χ1v) is 7.54. The summed E-state index contributed by atoms with van der Waals surface area (Å²) in [6.45, 7) is 3.13. The standard InChI is InChI=1S/C19H17NO3/c1-12(18(22)14-8-4-3-5-9-14)17-15-10-6-7-11-16(15)19(23)20(17)13(2)21/h3-12,17H,1-2H3/t12-,17?/m0/s1. The summed E-state index contributed by atoms with van der Waals surface area (Å²) in [6, 6.07) is 15.5. The molecular weight excluding hydrogens is 290 g/mol. The van der Waals surface area contributed by atoms with E-state index in [1.165, 1.54) is 11.8 Å². The van der Waals surface area contributed by atoms with Crippen LogP contribution in [0.3, 0.4) is 0 Å². The molecule has 0 saturated heterocycles. The van der Waals surface area contributed by atoms with E-state index in [1.807, 2.05) is 18.2 Å². The molecule has 1 aliphatic heterocycles. The molecule has 0 spiro atoms. The molecule has 1 aliphatic rings. The van der Waals surface area contributed by atoms with Crippen molar-refractivity contribution in [1.29, 1.82) is 0 Å². The van der Waals surface area contributed by atoms with E-state index < -0.39 is 12.0 Å². The van der Waals surface area contributed by atoms with E-state index in [0.717, 1.165) is 5.56 Å². The Morgan fingerprint density at radius 2 is 1.61 bits per heavy atom. The molecule has 0 saturated carbocycles. The number of carbonyl (C=O) groups is 3. The summed E-state index contributed by atoms with van der Waals surface area (Å²) in [5.74, 6) is -1.25. The minimum atomic E-state index is -0.552. The SMILES string of the molecule is CC(=O)N1C(=O)c2ccccc2C1[C@H](C)C(=O)c1ccccc1. The topological polar surface area (TPSA) is 54.5 Å². The summed E-state index contributed by atoms with van der Waals surface area (Å²) < 4.78 is 0. The molecule has 0 aromatic heterocycles. The van der Waals surface area contributed by atoms with Crippen LogP contribution in [0.2, 0.25) is 0 Å². The van der Waals surface area contributed by atoms with E-state index in [2.05, 4.69) is 0 Å². The van der Waals surface area contributed by atoms with Crippen LogP contribution in [0.4, 0.5) is 0 Å². The zero-order valence-electron chi connectivity index (χ0n) is 13.0. The molecule has 4 heteroatoms. The summed E-state index contributed by atoms with van der Waals surface area (Å²) in [6.07, 6.45) is 0. The zero-order valence-corrected chi connectivity index (χ0v) is 13.0. The highest BCUT2D eigenvalue weighted by atomic mass is 16.2. The van der Waals surface area contributed by atoms with Crippen molar-refractivity contribution in [3.63, 3.8) is 0 Å². The number of Topliss-reactive ketones (excluding diaryl/α,β-unsaturated/α-hetero) is 1. The largest absolute Gasteiger partial charge is 0.294 e. The molecule has 116 valence electrons. The number of nitrogens with zero attached hydrogens (tertiary/aromatic N) is 1. The van der Waals surface area contributed by atoms with Crippen LogP contribution in [0, 0.1) is 5.92 Å². The van der Waals surface area contributed by atoms with Crippen molar-refractivity contribution in [2.75, 3.05) is 0 Å². The number of hydrogen-bond donors (Lipinski definition) is 0. The van der Waals surface area contributed by atoms with Gasteiger partial charge in [-0.15, -0.1) is 0 Å². The Kier molecular flexibility index (Phi) is 3.82. The molecule has 0 radical (unpaired) electrons. The minimum Gasteiger partial charge on any atom is -0.294 e. The Labute approximate surface area is 134 Å². The van der Waals surface area contributed by atoms with Gasteiger partial charge in [0.05, 0.1) is 6.04 Å². The molecule has 2 atom stereocenters. The van der Waals surface area contributed by atoms with Crippen molar-refractivity contribution in [1.82, 2.24) is 4.90 Å². The quantitative estimate of drug-likeness (QED) is 0.818. The van der Waals surface area contributed by atoms with Crippen LogP contribution in [0.5, 0.6) is 0 Å². The highest BCUT2D eigenvalue weighted by molar-refractivity contribution is 6.09. The second kappa shape index (κ2) is 5.80. The third-order valence-corrected chi connectivity index (χ3v) is 4.29. The van der Waals surface area contributed by atoms with Gasteiger partial charge in [-0.25, -0.2) is 0 Å². The molecule has 23 heavy (non-hydrogen) atoms. The van der Waals surface area contributed by atoms with Crippen LogP contribution in [0.1, 0.15) is 46.2 Å². The predicted molar refractivity (Wildman–Crippen MR) is 86.0 cm³/mol. The third-order valence-electron chi connectivity index (χ3n) is 4.29. The van der Waals surface area contributed by atoms with Crippen molar-refractivity contribution in [3.8, 4) is 0 Å². The first-order chi connectivity index (χ1) is 11.0. The molecule has 1 unspecified atom stereocenters. The Balaban J connectivity index is 2.04. The number of amides is 2. The van der Waals surface area contributed by atoms with E-state index in [1.54, 1.807) is 43.3 Å². The molecule has 4 nitrogen and oxygen atoms in total. The number of rotatable bonds is 3. The van der Waals surface area contributed by atoms with E-state index in [4.69, 9.17) is 0 Å². The first-order valence-electron chi connectivity index (χ1n) is 7.54. The fourth-order valence-corrected chi connectivity index (χ4v) is 3.19. The smallest absolute Gasteiger partial charge is 0.261 e. The summed E-state index contributed by atoms with van der Waals surface area (Å²) >= 11 is 0. The summed E-state index contributed by atoms with van der Waals surface area (Å²) in [4.78, 5) is 38.5. The normalized spacial score (nSPS) is 17.7. The van der Waals surface area contributed by atoms with Gasteiger partial charge in [-0.05, 0) is 11.6 Å². The second-order valence-corrected chi connectivity index (χ2v) is 5.75. The Morgan fingerprint density at radius 1 is 1.00 bits per heavy atom. The summed E-state index contributed by atoms with van der Waals surface area (Å²) in [7, 11) is 0. The van der Waals surface area contributed by atoms with Crippen molar-refractivity contribution >= 4 is 17.6 Å². The van der Waals surface area contributed by atoms with Crippen LogP contribution in [-0.2, 0) is 4.79 Å². The fraction of sp³-hybridized carbons (Fsp3) is 0.211. The lowest BCUT2D eigenvalue weighted by molar-refractivity contribution is -0.128. The Hall–Kier alpha value is -2.75. The zero-order chi connectivity index (χ0) is 16.6. The van der Waals surface area contributed by atoms with Gasteiger partial charge in [0, 0.05) is 24.0 Å². The van der Waals surface area contributed by atoms with Crippen LogP contribution in [0.25, 0.3) is 0 Å². The molecular formula is C19H17NO3. The number of fused-ring (bicyclic) bond motifs is 1. The van der Waals surface area contributed by atoms with Gasteiger partial charge in [0.15, 0.2) is 5.78 Å². The average Bonchev–Trinajstić information content (AvgIpc) is 2.88. The van der Waals surface area contributed by atoms with E-state index >= 15 is 0 Å². The minimum absolute atomic E-state index is 0.0775. The van der Waals surface area contributed by atoms with Gasteiger partial charge < -0.3 is 0 Å². The van der Waals surface area contributed by atoms with Gasteiger partial charge >= 0.3 is 0 Å². The number of ketones is 1. The predicted octanol–water partition coefficient (Wildman–Crippen LogP) is 3.25. The number of benzene rings is 2. The van der Waals surface area contributed by atoms with Gasteiger partial charge in [0.2, 0.25) is 5.91 Å². The van der Waals surface area contributed by atoms with E-state index in [0.29, 0.717) is 11.1 Å². The number of carbonyl (C=O) groups excluding carboxylic acids is 3. The van der Waals surface area contributed by atoms with Gasteiger partial charge in [-0.1, -0.05) is 55.5 Å². The molecule has 0 fully saturated rings. The molecule has 3 rings (SSSR count). The lowest BCUT2D eigenvalue weighted by Crippen LogP contribution is -2.37. The van der Waals surface area contributed by atoms with Crippen molar-refractivity contribution in [3.05, 3.63) is 71.3 Å². The lowest BCUT2D eigenvalue weighted by atomic mass is 9.88. The fourth-order valence-electron chi connectivity index (χ4n) is 3.19. The monoisotopic (exact) mass is 307 g/mol. The molecule has 2 amide bonds. The number of imide groups is 1. The van der Waals surface area contributed by atoms with Gasteiger partial charge in [0.25, 0.3) is 5.91 Å². The molecule has 0 N–H and O–H groups in total. The molecule has 2 aromatic rings. The molecule has 2 aromatic carbocycles. The molecule has 0 aliphatic carbocycles. The number of hydrogen-bond acceptors (Lipinski definition) is 3. The Bertz CT molecular complexity index is 782. The van der Waals surface area contributed by atoms with Crippen molar-refractivity contribution < 1.29 is 14.4 Å². The second-order valence-electron chi connectivity index (χ2n) is 5.75.